The zero-order valence-corrected chi connectivity index (χ0v) is 16.3. The molecule has 6 nitrogen and oxygen atoms in total. The van der Waals surface area contributed by atoms with Gasteiger partial charge in [0.15, 0.2) is 6.10 Å². The minimum Gasteiger partial charge on any atom is -0.465 e. The van der Waals surface area contributed by atoms with Crippen LogP contribution in [0.15, 0.2) is 30.3 Å². The van der Waals surface area contributed by atoms with Crippen LogP contribution in [0.4, 0.5) is 18.0 Å². The van der Waals surface area contributed by atoms with Crippen molar-refractivity contribution >= 4 is 12.0 Å². The van der Waals surface area contributed by atoms with E-state index in [0.29, 0.717) is 5.56 Å². The molecule has 0 unspecified atom stereocenters. The van der Waals surface area contributed by atoms with Gasteiger partial charge in [0, 0.05) is 6.54 Å². The Morgan fingerprint density at radius 3 is 2.00 bits per heavy atom. The maximum atomic E-state index is 12.9. The molecule has 1 aromatic rings. The molecule has 0 heterocycles. The molecule has 28 heavy (non-hydrogen) atoms. The third-order valence-corrected chi connectivity index (χ3v) is 4.38. The summed E-state index contributed by atoms with van der Waals surface area (Å²) in [6, 6.07) is 5.75. The summed E-state index contributed by atoms with van der Waals surface area (Å²) in [4.78, 5) is 25.5. The Morgan fingerprint density at radius 1 is 1.07 bits per heavy atom. The number of carbonyl (C=O) groups is 2. The fraction of sp³-hybridized carbons (Fsp3) is 0.579. The van der Waals surface area contributed by atoms with Crippen molar-refractivity contribution in [1.82, 2.24) is 10.2 Å². The molecule has 0 saturated heterocycles. The second-order valence-electron chi connectivity index (χ2n) is 7.35. The van der Waals surface area contributed by atoms with Gasteiger partial charge in [-0.05, 0) is 17.4 Å². The lowest BCUT2D eigenvalue weighted by Gasteiger charge is -2.35. The van der Waals surface area contributed by atoms with E-state index in [1.807, 2.05) is 0 Å². The molecular formula is C19H27F3N2O4. The molecule has 0 aliphatic carbocycles. The highest BCUT2D eigenvalue weighted by Crippen LogP contribution is 2.26. The van der Waals surface area contributed by atoms with E-state index in [2.05, 4.69) is 5.32 Å². The zero-order chi connectivity index (χ0) is 21.6. The van der Waals surface area contributed by atoms with Gasteiger partial charge < -0.3 is 15.5 Å². The number of carboxylic acid groups (broad SMARTS) is 1. The summed E-state index contributed by atoms with van der Waals surface area (Å²) >= 11 is 0. The van der Waals surface area contributed by atoms with Crippen molar-refractivity contribution in [2.45, 2.75) is 58.6 Å². The number of nitrogens with one attached hydrogen (secondary N) is 1. The van der Waals surface area contributed by atoms with Gasteiger partial charge in [-0.2, -0.15) is 13.2 Å². The van der Waals surface area contributed by atoms with E-state index in [-0.39, 0.29) is 6.54 Å². The molecule has 0 aliphatic heterocycles. The predicted octanol–water partition coefficient (Wildman–Crippen LogP) is 3.26. The van der Waals surface area contributed by atoms with Crippen molar-refractivity contribution in [3.8, 4) is 0 Å². The lowest BCUT2D eigenvalue weighted by atomic mass is 9.95. The highest BCUT2D eigenvalue weighted by atomic mass is 19.4. The molecule has 0 radical (unpaired) electrons. The molecule has 1 aromatic carbocycles. The van der Waals surface area contributed by atoms with Crippen molar-refractivity contribution in [2.24, 2.45) is 11.8 Å². The lowest BCUT2D eigenvalue weighted by Crippen LogP contribution is -2.58. The average Bonchev–Trinajstić information content (AvgIpc) is 2.57. The fourth-order valence-electron chi connectivity index (χ4n) is 2.93. The van der Waals surface area contributed by atoms with Crippen molar-refractivity contribution in [1.29, 1.82) is 0 Å². The van der Waals surface area contributed by atoms with Crippen LogP contribution in [0, 0.1) is 11.8 Å². The molecule has 1 rings (SSSR count). The van der Waals surface area contributed by atoms with Crippen LogP contribution >= 0.6 is 0 Å². The van der Waals surface area contributed by atoms with E-state index in [4.69, 9.17) is 0 Å². The molecule has 0 fully saturated rings. The summed E-state index contributed by atoms with van der Waals surface area (Å²) in [5, 5.41) is 21.4. The van der Waals surface area contributed by atoms with Gasteiger partial charge in [-0.1, -0.05) is 58.0 Å². The quantitative estimate of drug-likeness (QED) is 0.620. The summed E-state index contributed by atoms with van der Waals surface area (Å²) in [6.45, 7) is 5.98. The van der Waals surface area contributed by atoms with Crippen LogP contribution < -0.4 is 5.32 Å². The molecule has 0 bridgehead atoms. The van der Waals surface area contributed by atoms with E-state index in [1.165, 1.54) is 13.8 Å². The number of hydrogen-bond acceptors (Lipinski definition) is 3. The first kappa shape index (κ1) is 23.7. The Bertz CT molecular complexity index is 650. The second kappa shape index (κ2) is 9.77. The molecule has 0 aliphatic rings. The Kier molecular flexibility index (Phi) is 8.29. The van der Waals surface area contributed by atoms with E-state index < -0.39 is 48.2 Å². The minimum absolute atomic E-state index is 0.0966. The number of amides is 2. The largest absolute Gasteiger partial charge is 0.465 e. The number of halogens is 3. The maximum absolute atomic E-state index is 12.9. The van der Waals surface area contributed by atoms with Crippen LogP contribution in [0.1, 0.15) is 33.3 Å². The van der Waals surface area contributed by atoms with Crippen molar-refractivity contribution in [2.75, 3.05) is 0 Å². The van der Waals surface area contributed by atoms with Gasteiger partial charge in [-0.15, -0.1) is 0 Å². The van der Waals surface area contributed by atoms with Crippen molar-refractivity contribution < 1.29 is 33.0 Å². The second-order valence-corrected chi connectivity index (χ2v) is 7.35. The van der Waals surface area contributed by atoms with Crippen LogP contribution in [0.3, 0.4) is 0 Å². The minimum atomic E-state index is -4.91. The third kappa shape index (κ3) is 6.40. The van der Waals surface area contributed by atoms with Gasteiger partial charge in [-0.3, -0.25) is 9.69 Å². The molecule has 2 amide bonds. The Labute approximate surface area is 162 Å². The van der Waals surface area contributed by atoms with Crippen molar-refractivity contribution in [3.63, 3.8) is 0 Å². The maximum Gasteiger partial charge on any atom is 0.416 e. The van der Waals surface area contributed by atoms with E-state index in [9.17, 15) is 33.0 Å². The summed E-state index contributed by atoms with van der Waals surface area (Å²) in [5.41, 5.74) is 0.638. The molecule has 158 valence electrons. The summed E-state index contributed by atoms with van der Waals surface area (Å²) in [5.74, 6) is -2.10. The van der Waals surface area contributed by atoms with Gasteiger partial charge in [-0.25, -0.2) is 4.79 Å². The van der Waals surface area contributed by atoms with Gasteiger partial charge in [0.2, 0.25) is 5.91 Å². The normalized spacial score (nSPS) is 15.2. The summed E-state index contributed by atoms with van der Waals surface area (Å²) in [6.07, 6.45) is -9.03. The van der Waals surface area contributed by atoms with Crippen LogP contribution in [0.2, 0.25) is 0 Å². The summed E-state index contributed by atoms with van der Waals surface area (Å²) in [7, 11) is 0. The molecule has 0 spiro atoms. The molecule has 9 heteroatoms. The average molecular weight is 404 g/mol. The van der Waals surface area contributed by atoms with Crippen molar-refractivity contribution in [3.05, 3.63) is 35.9 Å². The first-order valence-corrected chi connectivity index (χ1v) is 8.94. The molecule has 0 saturated carbocycles. The standard InChI is InChI=1S/C19H27F3N2O4/c1-11(2)14(16(25)19(20,21)22)23-17(26)15(12(3)4)24(18(27)28)10-13-8-6-5-7-9-13/h5-9,11-12,14-16,25H,10H2,1-4H3,(H,23,26)(H,27,28)/t14-,15+,16+/m1/s1. The first-order valence-electron chi connectivity index (χ1n) is 8.94. The van der Waals surface area contributed by atoms with Crippen LogP contribution in [-0.2, 0) is 11.3 Å². The molecule has 3 N–H and O–H groups in total. The van der Waals surface area contributed by atoms with Crippen LogP contribution in [-0.4, -0.2) is 51.5 Å². The molecule has 3 atom stereocenters. The van der Waals surface area contributed by atoms with Crippen LogP contribution in [0.25, 0.3) is 0 Å². The third-order valence-electron chi connectivity index (χ3n) is 4.38. The number of alkyl halides is 3. The smallest absolute Gasteiger partial charge is 0.416 e. The Balaban J connectivity index is 3.12. The van der Waals surface area contributed by atoms with Gasteiger partial charge in [0.1, 0.15) is 6.04 Å². The SMILES string of the molecule is CC(C)[C@@H](NC(=O)[C@H](C(C)C)N(Cc1ccccc1)C(=O)O)[C@H](O)C(F)(F)F. The number of nitrogens with zero attached hydrogens (tertiary/aromatic N) is 1. The number of rotatable bonds is 8. The van der Waals surface area contributed by atoms with E-state index >= 15 is 0 Å². The van der Waals surface area contributed by atoms with Gasteiger partial charge in [0.05, 0.1) is 6.04 Å². The van der Waals surface area contributed by atoms with Gasteiger partial charge in [0.25, 0.3) is 0 Å². The highest BCUT2D eigenvalue weighted by Gasteiger charge is 2.46. The number of benzene rings is 1. The topological polar surface area (TPSA) is 89.9 Å². The van der Waals surface area contributed by atoms with E-state index in [0.717, 1.165) is 4.90 Å². The predicted molar refractivity (Wildman–Crippen MR) is 97.5 cm³/mol. The molecular weight excluding hydrogens is 377 g/mol. The first-order chi connectivity index (χ1) is 12.9. The number of aliphatic hydroxyl groups is 1. The Morgan fingerprint density at radius 2 is 1.61 bits per heavy atom. The molecule has 0 aromatic heterocycles. The lowest BCUT2D eigenvalue weighted by molar-refractivity contribution is -0.215. The van der Waals surface area contributed by atoms with E-state index in [1.54, 1.807) is 44.2 Å². The Hall–Kier alpha value is -2.29. The zero-order valence-electron chi connectivity index (χ0n) is 16.3. The summed E-state index contributed by atoms with van der Waals surface area (Å²) < 4.78 is 38.8. The highest BCUT2D eigenvalue weighted by molar-refractivity contribution is 5.85. The van der Waals surface area contributed by atoms with Crippen LogP contribution in [0.5, 0.6) is 0 Å². The number of carbonyl (C=O) groups excluding carboxylic acids is 1. The fourth-order valence-corrected chi connectivity index (χ4v) is 2.93. The number of aliphatic hydroxyl groups excluding tert-OH is 1. The monoisotopic (exact) mass is 404 g/mol. The van der Waals surface area contributed by atoms with Gasteiger partial charge >= 0.3 is 12.3 Å². The number of hydrogen-bond donors (Lipinski definition) is 3.